The van der Waals surface area contributed by atoms with Crippen LogP contribution in [-0.2, 0) is 0 Å². The average molecular weight is 339 g/mol. The molecule has 0 unspecified atom stereocenters. The van der Waals surface area contributed by atoms with Crippen molar-refractivity contribution in [2.45, 2.75) is 6.92 Å². The largest absolute Gasteiger partial charge is 0.324 e. The van der Waals surface area contributed by atoms with Gasteiger partial charge >= 0.3 is 0 Å². The van der Waals surface area contributed by atoms with Crippen LogP contribution < -0.4 is 5.32 Å². The van der Waals surface area contributed by atoms with Crippen LogP contribution in [0.1, 0.15) is 17.3 Å². The van der Waals surface area contributed by atoms with Crippen LogP contribution in [0.25, 0.3) is 22.0 Å². The zero-order valence-corrected chi connectivity index (χ0v) is 14.3. The van der Waals surface area contributed by atoms with Gasteiger partial charge in [0.05, 0.1) is 5.69 Å². The fraction of sp³-hybridized carbons (Fsp3) is 0.0455. The van der Waals surface area contributed by atoms with Crippen molar-refractivity contribution < 1.29 is 4.79 Å². The number of fused-ring (bicyclic) bond motifs is 1. The molecule has 0 saturated carbocycles. The molecule has 3 aromatic carbocycles. The number of nitrogens with zero attached hydrogens (tertiary/aromatic N) is 2. The van der Waals surface area contributed by atoms with E-state index in [1.807, 2.05) is 30.3 Å². The minimum Gasteiger partial charge on any atom is -0.324 e. The summed E-state index contributed by atoms with van der Waals surface area (Å²) in [6.45, 7) is 1.55. The van der Waals surface area contributed by atoms with E-state index in [4.69, 9.17) is 0 Å². The van der Waals surface area contributed by atoms with Gasteiger partial charge in [0.1, 0.15) is 0 Å². The highest BCUT2D eigenvalue weighted by molar-refractivity contribution is 5.94. The van der Waals surface area contributed by atoms with E-state index in [2.05, 4.69) is 45.6 Å². The smallest absolute Gasteiger partial charge is 0.227 e. The Labute approximate surface area is 151 Å². The molecule has 0 saturated heterocycles. The van der Waals surface area contributed by atoms with E-state index in [1.165, 1.54) is 10.8 Å². The normalized spacial score (nSPS) is 10.7. The van der Waals surface area contributed by atoms with Gasteiger partial charge in [-0.3, -0.25) is 4.79 Å². The lowest BCUT2D eigenvalue weighted by Crippen LogP contribution is -1.99. The molecule has 0 atom stereocenters. The first-order valence-corrected chi connectivity index (χ1v) is 8.39. The molecule has 4 rings (SSSR count). The van der Waals surface area contributed by atoms with E-state index in [-0.39, 0.29) is 5.78 Å². The molecule has 0 aliphatic carbocycles. The number of carbonyl (C=O) groups is 1. The van der Waals surface area contributed by atoms with E-state index in [0.717, 1.165) is 16.9 Å². The van der Waals surface area contributed by atoms with Gasteiger partial charge in [0.2, 0.25) is 5.95 Å². The Hall–Kier alpha value is -3.53. The third-order valence-corrected chi connectivity index (χ3v) is 4.25. The van der Waals surface area contributed by atoms with Gasteiger partial charge in [-0.15, -0.1) is 0 Å². The van der Waals surface area contributed by atoms with Crippen molar-refractivity contribution in [2.24, 2.45) is 0 Å². The van der Waals surface area contributed by atoms with Crippen molar-refractivity contribution in [3.05, 3.63) is 84.6 Å². The summed E-state index contributed by atoms with van der Waals surface area (Å²) >= 11 is 0. The van der Waals surface area contributed by atoms with Crippen LogP contribution >= 0.6 is 0 Å². The van der Waals surface area contributed by atoms with Crippen molar-refractivity contribution in [3.63, 3.8) is 0 Å². The first kappa shape index (κ1) is 16.0. The maximum atomic E-state index is 11.4. The SMILES string of the molecule is CC(=O)c1ccc(Nc2nccc(-c3ccc4ccccc4c3)n2)cc1. The average Bonchev–Trinajstić information content (AvgIpc) is 2.68. The molecule has 0 radical (unpaired) electrons. The van der Waals surface area contributed by atoms with Crippen molar-refractivity contribution in [2.75, 3.05) is 5.32 Å². The molecule has 4 heteroatoms. The third-order valence-electron chi connectivity index (χ3n) is 4.25. The number of rotatable bonds is 4. The first-order valence-electron chi connectivity index (χ1n) is 8.39. The topological polar surface area (TPSA) is 54.9 Å². The number of hydrogen-bond acceptors (Lipinski definition) is 4. The highest BCUT2D eigenvalue weighted by atomic mass is 16.1. The number of ketones is 1. The number of benzene rings is 3. The van der Waals surface area contributed by atoms with Crippen LogP contribution in [0.4, 0.5) is 11.6 Å². The summed E-state index contributed by atoms with van der Waals surface area (Å²) in [5.74, 6) is 0.567. The van der Waals surface area contributed by atoms with Crippen molar-refractivity contribution in [1.29, 1.82) is 0 Å². The summed E-state index contributed by atoms with van der Waals surface area (Å²) in [6.07, 6.45) is 1.74. The number of nitrogens with one attached hydrogen (secondary N) is 1. The molecule has 0 fully saturated rings. The number of Topliss-reactive ketones (excluding diaryl/α,β-unsaturated/α-hetero) is 1. The summed E-state index contributed by atoms with van der Waals surface area (Å²) < 4.78 is 0. The molecule has 4 nitrogen and oxygen atoms in total. The third kappa shape index (κ3) is 3.30. The molecule has 0 bridgehead atoms. The predicted octanol–water partition coefficient (Wildman–Crippen LogP) is 5.24. The maximum absolute atomic E-state index is 11.4. The lowest BCUT2D eigenvalue weighted by molar-refractivity contribution is 0.101. The van der Waals surface area contributed by atoms with E-state index in [1.54, 1.807) is 25.3 Å². The van der Waals surface area contributed by atoms with Gasteiger partial charge in [0, 0.05) is 23.0 Å². The number of hydrogen-bond donors (Lipinski definition) is 1. The number of carbonyl (C=O) groups excluding carboxylic acids is 1. The Morgan fingerprint density at radius 3 is 2.42 bits per heavy atom. The van der Waals surface area contributed by atoms with Crippen LogP contribution in [0.2, 0.25) is 0 Å². The Kier molecular flexibility index (Phi) is 4.15. The fourth-order valence-corrected chi connectivity index (χ4v) is 2.85. The molecule has 0 aliphatic rings. The van der Waals surface area contributed by atoms with Crippen molar-refractivity contribution >= 4 is 28.2 Å². The van der Waals surface area contributed by atoms with Crippen molar-refractivity contribution in [1.82, 2.24) is 9.97 Å². The summed E-state index contributed by atoms with van der Waals surface area (Å²) in [6, 6.07) is 23.7. The molecular formula is C22H17N3O. The molecule has 126 valence electrons. The zero-order valence-electron chi connectivity index (χ0n) is 14.3. The Morgan fingerprint density at radius 1 is 0.885 bits per heavy atom. The first-order chi connectivity index (χ1) is 12.7. The minimum absolute atomic E-state index is 0.0473. The maximum Gasteiger partial charge on any atom is 0.227 e. The van der Waals surface area contributed by atoms with Crippen molar-refractivity contribution in [3.8, 4) is 11.3 Å². The van der Waals surface area contributed by atoms with E-state index >= 15 is 0 Å². The Bertz CT molecular complexity index is 1090. The van der Waals surface area contributed by atoms with Crippen LogP contribution in [0, 0.1) is 0 Å². The van der Waals surface area contributed by atoms with Gasteiger partial charge in [0.25, 0.3) is 0 Å². The van der Waals surface area contributed by atoms with Gasteiger partial charge in [-0.2, -0.15) is 0 Å². The molecule has 0 amide bonds. The second-order valence-electron chi connectivity index (χ2n) is 6.09. The van der Waals surface area contributed by atoms with E-state index < -0.39 is 0 Å². The standard InChI is InChI=1S/C22H17N3O/c1-15(26)16-8-10-20(11-9-16)24-22-23-13-12-21(25-22)19-7-6-17-4-2-3-5-18(17)14-19/h2-14H,1H3,(H,23,24,25). The second-order valence-corrected chi connectivity index (χ2v) is 6.09. The monoisotopic (exact) mass is 339 g/mol. The summed E-state index contributed by atoms with van der Waals surface area (Å²) in [5.41, 5.74) is 3.42. The molecule has 26 heavy (non-hydrogen) atoms. The van der Waals surface area contributed by atoms with Gasteiger partial charge in [-0.1, -0.05) is 36.4 Å². The van der Waals surface area contributed by atoms with Crippen LogP contribution in [0.3, 0.4) is 0 Å². The number of anilines is 2. The number of aromatic nitrogens is 2. The summed E-state index contributed by atoms with van der Waals surface area (Å²) in [7, 11) is 0. The quantitative estimate of drug-likeness (QED) is 0.516. The molecule has 4 aromatic rings. The zero-order chi connectivity index (χ0) is 17.9. The molecule has 0 spiro atoms. The van der Waals surface area contributed by atoms with E-state index in [9.17, 15) is 4.79 Å². The minimum atomic E-state index is 0.0473. The predicted molar refractivity (Wildman–Crippen MR) is 105 cm³/mol. The molecular weight excluding hydrogens is 322 g/mol. The molecule has 0 aliphatic heterocycles. The van der Waals surface area contributed by atoms with Gasteiger partial charge in [-0.25, -0.2) is 9.97 Å². The van der Waals surface area contributed by atoms with Crippen LogP contribution in [-0.4, -0.2) is 15.8 Å². The summed E-state index contributed by atoms with van der Waals surface area (Å²) in [4.78, 5) is 20.3. The summed E-state index contributed by atoms with van der Waals surface area (Å²) in [5, 5.41) is 5.57. The van der Waals surface area contributed by atoms with Gasteiger partial charge in [0.15, 0.2) is 5.78 Å². The second kappa shape index (κ2) is 6.76. The lowest BCUT2D eigenvalue weighted by atomic mass is 10.1. The Balaban J connectivity index is 1.62. The fourth-order valence-electron chi connectivity index (χ4n) is 2.85. The Morgan fingerprint density at radius 2 is 1.65 bits per heavy atom. The molecule has 1 aromatic heterocycles. The molecule has 1 N–H and O–H groups in total. The highest BCUT2D eigenvalue weighted by Crippen LogP contribution is 2.24. The van der Waals surface area contributed by atoms with E-state index in [0.29, 0.717) is 11.5 Å². The van der Waals surface area contributed by atoms with Gasteiger partial charge < -0.3 is 5.32 Å². The van der Waals surface area contributed by atoms with Crippen LogP contribution in [0.5, 0.6) is 0 Å². The highest BCUT2D eigenvalue weighted by Gasteiger charge is 2.05. The van der Waals surface area contributed by atoms with Crippen LogP contribution in [0.15, 0.2) is 79.0 Å². The lowest BCUT2D eigenvalue weighted by Gasteiger charge is -2.08. The molecule has 1 heterocycles. The van der Waals surface area contributed by atoms with Gasteiger partial charge in [-0.05, 0) is 54.1 Å².